The van der Waals surface area contributed by atoms with Crippen molar-refractivity contribution in [1.29, 1.82) is 0 Å². The number of benzene rings is 1. The van der Waals surface area contributed by atoms with Crippen molar-refractivity contribution in [3.63, 3.8) is 0 Å². The number of hydrogen-bond acceptors (Lipinski definition) is 18. The molecular weight excluding hydrogens is 1080 g/mol. The van der Waals surface area contributed by atoms with Crippen LogP contribution >= 0.6 is 0 Å². The molecule has 8 unspecified atom stereocenters. The Bertz CT molecular complexity index is 2350. The van der Waals surface area contributed by atoms with Gasteiger partial charge in [-0.1, -0.05) is 41.5 Å². The van der Waals surface area contributed by atoms with E-state index in [0.717, 1.165) is 0 Å². The molecule has 1 aromatic rings. The fraction of sp³-hybridized carbons (Fsp3) is 0.814. The average molecular weight is 1180 g/mol. The van der Waals surface area contributed by atoms with E-state index in [4.69, 9.17) is 37.9 Å². The van der Waals surface area contributed by atoms with Crippen molar-refractivity contribution in [3.05, 3.63) is 24.0 Å². The molecule has 5 amide bonds. The van der Waals surface area contributed by atoms with Crippen LogP contribution in [0.5, 0.6) is 0 Å². The van der Waals surface area contributed by atoms with Crippen LogP contribution in [-0.2, 0) is 47.5 Å². The minimum atomic E-state index is -1.84. The second-order valence-electron chi connectivity index (χ2n) is 24.9. The van der Waals surface area contributed by atoms with Gasteiger partial charge in [0.25, 0.3) is 0 Å². The molecule has 5 aliphatic rings. The van der Waals surface area contributed by atoms with Crippen LogP contribution in [0.25, 0.3) is 0 Å². The van der Waals surface area contributed by atoms with Crippen LogP contribution < -0.4 is 25.8 Å². The number of rotatable bonds is 16. The van der Waals surface area contributed by atoms with Gasteiger partial charge >= 0.3 is 24.2 Å². The lowest BCUT2D eigenvalue weighted by atomic mass is 9.70. The summed E-state index contributed by atoms with van der Waals surface area (Å²) in [5.41, 5.74) is -3.99. The van der Waals surface area contributed by atoms with Crippen LogP contribution in [0, 0.1) is 41.3 Å². The molecule has 5 fully saturated rings. The molecule has 0 saturated carbocycles. The first kappa shape index (κ1) is 67.5. The molecule has 7 N–H and O–H groups in total. The number of hydrogen-bond donors (Lipinski definition) is 7. The zero-order valence-corrected chi connectivity index (χ0v) is 51.3. The molecule has 472 valence electrons. The number of anilines is 2. The Kier molecular flexibility index (Phi) is 23.3. The number of carbonyl (C=O) groups excluding carboxylic acids is 5. The summed E-state index contributed by atoms with van der Waals surface area (Å²) in [6.07, 6.45) is -9.78. The quantitative estimate of drug-likeness (QED) is 0.0636. The second-order valence-corrected chi connectivity index (χ2v) is 24.9. The second kappa shape index (κ2) is 28.7. The third kappa shape index (κ3) is 16.5. The van der Waals surface area contributed by atoms with Gasteiger partial charge in [0.2, 0.25) is 5.91 Å². The maximum absolute atomic E-state index is 15.4. The maximum atomic E-state index is 15.4. The van der Waals surface area contributed by atoms with Gasteiger partial charge in [0.15, 0.2) is 18.7 Å². The van der Waals surface area contributed by atoms with Gasteiger partial charge in [0.1, 0.15) is 35.3 Å². The number of piperazine rings is 1. The van der Waals surface area contributed by atoms with Crippen LogP contribution in [0.15, 0.2) is 18.2 Å². The first-order valence-electron chi connectivity index (χ1n) is 29.8. The summed E-state index contributed by atoms with van der Waals surface area (Å²) in [4.78, 5) is 69.5. The number of alkyl carbamates (subject to hydrolysis) is 1. The Morgan fingerprint density at radius 2 is 1.48 bits per heavy atom. The predicted molar refractivity (Wildman–Crippen MR) is 303 cm³/mol. The molecule has 0 spiro atoms. The largest absolute Gasteiger partial charge is 0.459 e. The molecule has 83 heavy (non-hydrogen) atoms. The normalized spacial score (nSPS) is 38.6. The summed E-state index contributed by atoms with van der Waals surface area (Å²) in [5, 5.41) is 56.1. The van der Waals surface area contributed by atoms with E-state index in [1.54, 1.807) is 58.6 Å². The Morgan fingerprint density at radius 3 is 2.11 bits per heavy atom. The molecule has 5 aliphatic heterocycles. The van der Waals surface area contributed by atoms with Gasteiger partial charge in [0.05, 0.1) is 66.5 Å². The molecule has 24 heteroatoms. The standard InChI is InChI=1S/C59H97FN6O17/c1-15-45-59(13,75)49(69)36(6)35(5)33(3)28-57(11,74)50(82-53-47(68)32(2)26-34(4)77-53)37(7)48(38(8)52(70)80-45)81-46-29-58(12,76-14)51(39(9)78-46)83-55(72)62-21-17-16-20-61-54(71)65-24-22-64(23-25-65)44-19-18-41(27-43(44)60)66-31-42(79-56(66)73)30-63-40(10)67/h18-19,27,32-39,42,45-51,53,68-69,74-75H,15-17,20-26,28-31H2,1-14H3,(H,61,71)(H,62,72)(H,63,67)/t32?,33-,34?,35+,36+,37+,38-,39?,42+,45-,46?,47?,48+,49-,50-,51?,53?,57-,58?,59-/m1/s1. The topological polar surface area (TPSA) is 286 Å². The first-order valence-corrected chi connectivity index (χ1v) is 29.8. The van der Waals surface area contributed by atoms with Crippen molar-refractivity contribution in [3.8, 4) is 0 Å². The first-order chi connectivity index (χ1) is 38.9. The van der Waals surface area contributed by atoms with Gasteiger partial charge in [0, 0.05) is 65.6 Å². The highest BCUT2D eigenvalue weighted by Gasteiger charge is 2.54. The molecular formula is C59H97FN6O17. The van der Waals surface area contributed by atoms with Gasteiger partial charge < -0.3 is 84.1 Å². The van der Waals surface area contributed by atoms with E-state index in [9.17, 15) is 44.4 Å². The smallest absolute Gasteiger partial charge is 0.414 e. The number of carbonyl (C=O) groups is 5. The molecule has 23 nitrogen and oxygen atoms in total. The summed E-state index contributed by atoms with van der Waals surface area (Å²) in [5.74, 6) is -4.58. The Morgan fingerprint density at radius 1 is 0.819 bits per heavy atom. The number of esters is 1. The number of urea groups is 1. The van der Waals surface area contributed by atoms with E-state index in [1.165, 1.54) is 31.9 Å². The highest BCUT2D eigenvalue weighted by molar-refractivity contribution is 5.90. The van der Waals surface area contributed by atoms with Crippen molar-refractivity contribution >= 4 is 41.5 Å². The number of halogens is 1. The molecule has 1 aromatic carbocycles. The van der Waals surface area contributed by atoms with Crippen LogP contribution in [0.1, 0.15) is 129 Å². The lowest BCUT2D eigenvalue weighted by Crippen LogP contribution is -2.61. The molecule has 6 rings (SSSR count). The Labute approximate surface area is 489 Å². The Hall–Kier alpha value is -4.66. The van der Waals surface area contributed by atoms with Gasteiger partial charge in [-0.25, -0.2) is 18.8 Å². The number of aliphatic hydroxyl groups is 4. The summed E-state index contributed by atoms with van der Waals surface area (Å²) in [6, 6.07) is 4.26. The van der Waals surface area contributed by atoms with E-state index in [2.05, 4.69) is 16.0 Å². The lowest BCUT2D eigenvalue weighted by molar-refractivity contribution is -0.318. The third-order valence-electron chi connectivity index (χ3n) is 18.3. The van der Waals surface area contributed by atoms with E-state index in [-0.39, 0.29) is 74.7 Å². The van der Waals surface area contributed by atoms with Crippen LogP contribution in [0.2, 0.25) is 0 Å². The van der Waals surface area contributed by atoms with E-state index in [1.807, 2.05) is 39.5 Å². The van der Waals surface area contributed by atoms with Crippen molar-refractivity contribution in [2.75, 3.05) is 69.3 Å². The van der Waals surface area contributed by atoms with Gasteiger partial charge in [-0.05, 0) is 116 Å². The molecule has 20 atom stereocenters. The fourth-order valence-electron chi connectivity index (χ4n) is 12.8. The SMILES string of the molecule is CC[C@H]1OC(=O)[C@H](C)[C@@H](OC2CC(C)(OC)C(OC(=O)NCCCCNC(=O)N3CCN(c4ccc(N5C[C@H](CNC(C)=O)OC5=O)cc4F)CC3)C(C)O2)[C@H](C)[C@@H](OC2OC(C)CC(C)C2O)[C@](C)(O)C[C@@H](C)[C@H](C)[C@H](C)[C@@H](O)[C@]1(C)O. The monoisotopic (exact) mass is 1180 g/mol. The minimum Gasteiger partial charge on any atom is -0.459 e. The predicted octanol–water partition coefficient (Wildman–Crippen LogP) is 5.20. The zero-order chi connectivity index (χ0) is 61.5. The zero-order valence-electron chi connectivity index (χ0n) is 51.3. The van der Waals surface area contributed by atoms with Gasteiger partial charge in [-0.2, -0.15) is 0 Å². The van der Waals surface area contributed by atoms with E-state index >= 15 is 4.39 Å². The van der Waals surface area contributed by atoms with Crippen molar-refractivity contribution in [2.24, 2.45) is 35.5 Å². The number of nitrogens with zero attached hydrogens (tertiary/aromatic N) is 3. The van der Waals surface area contributed by atoms with Crippen molar-refractivity contribution < 1.29 is 86.7 Å². The number of cyclic esters (lactones) is 2. The average Bonchev–Trinajstić information content (AvgIpc) is 3.62. The summed E-state index contributed by atoms with van der Waals surface area (Å²) in [7, 11) is 1.48. The van der Waals surface area contributed by atoms with Crippen LogP contribution in [0.4, 0.5) is 30.1 Å². The molecule has 0 aliphatic carbocycles. The maximum Gasteiger partial charge on any atom is 0.414 e. The number of unbranched alkanes of at least 4 members (excludes halogenated alkanes) is 1. The van der Waals surface area contributed by atoms with Gasteiger partial charge in [-0.3, -0.25) is 14.5 Å². The van der Waals surface area contributed by atoms with Crippen LogP contribution in [0.3, 0.4) is 0 Å². The molecule has 0 radical (unpaired) electrons. The highest BCUT2D eigenvalue weighted by Crippen LogP contribution is 2.43. The molecule has 0 aromatic heterocycles. The molecule has 5 heterocycles. The van der Waals surface area contributed by atoms with Gasteiger partial charge in [-0.15, -0.1) is 0 Å². The third-order valence-corrected chi connectivity index (χ3v) is 18.3. The molecule has 5 saturated heterocycles. The Balaban J connectivity index is 1.04. The fourth-order valence-corrected chi connectivity index (χ4v) is 12.8. The number of methoxy groups -OCH3 is 1. The van der Waals surface area contributed by atoms with E-state index in [0.29, 0.717) is 63.4 Å². The molecule has 0 bridgehead atoms. The van der Waals surface area contributed by atoms with Crippen LogP contribution in [-0.4, -0.2) is 199 Å². The lowest BCUT2D eigenvalue weighted by Gasteiger charge is -2.49. The minimum absolute atomic E-state index is 0.0181. The highest BCUT2D eigenvalue weighted by atomic mass is 19.1. The van der Waals surface area contributed by atoms with E-state index < -0.39 is 120 Å². The summed E-state index contributed by atoms with van der Waals surface area (Å²) in [6.45, 7) is 25.0. The number of nitrogens with one attached hydrogen (secondary N) is 3. The van der Waals surface area contributed by atoms with Crippen molar-refractivity contribution in [2.45, 2.75) is 213 Å². The number of amides is 5. The van der Waals surface area contributed by atoms with Crippen molar-refractivity contribution in [1.82, 2.24) is 20.9 Å². The number of aliphatic hydroxyl groups excluding tert-OH is 2. The number of ether oxygens (including phenoxy) is 8. The summed E-state index contributed by atoms with van der Waals surface area (Å²) >= 11 is 0. The summed E-state index contributed by atoms with van der Waals surface area (Å²) < 4.78 is 65.2.